The molecule has 0 spiro atoms. The molecule has 0 radical (unpaired) electrons. The first kappa shape index (κ1) is 33.0. The molecule has 2 aromatic carbocycles. The van der Waals surface area contributed by atoms with Gasteiger partial charge >= 0.3 is 5.91 Å². The number of aromatic nitrogens is 7. The quantitative estimate of drug-likeness (QED) is 0.230. The molecule has 4 bridgehead atoms. The van der Waals surface area contributed by atoms with Crippen molar-refractivity contribution in [3.05, 3.63) is 116 Å². The number of rotatable bonds is 5. The second-order valence-electron chi connectivity index (χ2n) is 14.7. The molecule has 4 unspecified atom stereocenters. The number of piperazine rings is 2. The molecule has 4 fully saturated rings. The van der Waals surface area contributed by atoms with Crippen molar-refractivity contribution in [2.75, 3.05) is 36.0 Å². The van der Waals surface area contributed by atoms with Gasteiger partial charge in [0.15, 0.2) is 0 Å². The van der Waals surface area contributed by atoms with Crippen molar-refractivity contribution in [3.63, 3.8) is 0 Å². The van der Waals surface area contributed by atoms with Gasteiger partial charge in [-0.15, -0.1) is 0 Å². The molecule has 4 aliphatic rings. The summed E-state index contributed by atoms with van der Waals surface area (Å²) in [6.45, 7) is 3.14. The van der Waals surface area contributed by atoms with Crippen LogP contribution < -0.4 is 9.80 Å². The summed E-state index contributed by atoms with van der Waals surface area (Å²) in [4.78, 5) is 62.7. The fraction of sp³-hybridized carbons (Fsp3) is 0.293. The molecular weight excluding hydrogens is 695 g/mol. The minimum absolute atomic E-state index is 0.110. The summed E-state index contributed by atoms with van der Waals surface area (Å²) in [5.74, 6) is 2.10. The third-order valence-corrected chi connectivity index (χ3v) is 11.5. The molecular formula is C41H39N11O3. The molecule has 276 valence electrons. The SMILES string of the molecule is O=C(c1cccc(-c2ccccc2)c1)N1C2CCC1CN(c1ncnc3[nH]ccc13)C2.O=C(c1ncco1)N1C2CCC1CN(c1ncnc3[nH]ccc13)C2. The minimum atomic E-state index is -0.110. The van der Waals surface area contributed by atoms with E-state index in [0.29, 0.717) is 0 Å². The lowest BCUT2D eigenvalue weighted by Gasteiger charge is -2.41. The Bertz CT molecular complexity index is 2450. The first-order chi connectivity index (χ1) is 27.1. The lowest BCUT2D eigenvalue weighted by Crippen LogP contribution is -2.56. The van der Waals surface area contributed by atoms with Crippen LogP contribution in [0, 0.1) is 0 Å². The predicted octanol–water partition coefficient (Wildman–Crippen LogP) is 5.56. The Balaban J connectivity index is 0.000000140. The van der Waals surface area contributed by atoms with Crippen LogP contribution >= 0.6 is 0 Å². The van der Waals surface area contributed by atoms with Crippen LogP contribution in [-0.4, -0.2) is 107 Å². The minimum Gasteiger partial charge on any atom is -0.441 e. The molecule has 4 saturated heterocycles. The highest BCUT2D eigenvalue weighted by Gasteiger charge is 2.45. The van der Waals surface area contributed by atoms with Crippen molar-refractivity contribution in [1.82, 2.24) is 44.7 Å². The number of fused-ring (bicyclic) bond motifs is 6. The van der Waals surface area contributed by atoms with Crippen LogP contribution in [0.15, 0.2) is 109 Å². The fourth-order valence-electron chi connectivity index (χ4n) is 9.09. The van der Waals surface area contributed by atoms with Crippen LogP contribution in [0.1, 0.15) is 46.7 Å². The van der Waals surface area contributed by atoms with Crippen LogP contribution in [0.4, 0.5) is 11.6 Å². The van der Waals surface area contributed by atoms with Gasteiger partial charge in [0.2, 0.25) is 0 Å². The number of aromatic amines is 2. The van der Waals surface area contributed by atoms with Gasteiger partial charge in [-0.2, -0.15) is 0 Å². The van der Waals surface area contributed by atoms with Gasteiger partial charge in [-0.1, -0.05) is 42.5 Å². The van der Waals surface area contributed by atoms with Gasteiger partial charge in [0.1, 0.15) is 41.8 Å². The lowest BCUT2D eigenvalue weighted by molar-refractivity contribution is 0.0598. The molecule has 0 aliphatic carbocycles. The standard InChI is InChI=1S/C25H23N5O.C16H16N6O2/c31-25(19-8-4-7-18(13-19)17-5-2-1-3-6-17)30-20-9-10-21(30)15-29(14-20)24-22-11-12-26-23(22)27-16-28-24;23-16(15-18-5-6-24-15)22-10-1-2-11(22)8-21(7-10)14-12-3-4-17-13(12)19-9-20-14/h1-8,11-13,16,20-21H,9-10,14-15H2,(H,26,27,28);3-6,9-11H,1-2,7-8H2,(H,17,19,20). The Labute approximate surface area is 316 Å². The Morgan fingerprint density at radius 3 is 1.69 bits per heavy atom. The molecule has 4 aliphatic heterocycles. The highest BCUT2D eigenvalue weighted by molar-refractivity contribution is 5.97. The summed E-state index contributed by atoms with van der Waals surface area (Å²) in [6.07, 6.45) is 14.0. The predicted molar refractivity (Wildman–Crippen MR) is 207 cm³/mol. The molecule has 4 atom stereocenters. The van der Waals surface area contributed by atoms with E-state index in [4.69, 9.17) is 4.42 Å². The number of carbonyl (C=O) groups is 2. The number of oxazole rings is 1. The molecule has 9 heterocycles. The van der Waals surface area contributed by atoms with E-state index < -0.39 is 0 Å². The smallest absolute Gasteiger partial charge is 0.310 e. The zero-order chi connectivity index (χ0) is 36.9. The molecule has 14 nitrogen and oxygen atoms in total. The van der Waals surface area contributed by atoms with Crippen molar-refractivity contribution >= 4 is 45.5 Å². The van der Waals surface area contributed by atoms with Crippen molar-refractivity contribution < 1.29 is 14.0 Å². The summed E-state index contributed by atoms with van der Waals surface area (Å²) in [6, 6.07) is 23.0. The Morgan fingerprint density at radius 2 is 1.15 bits per heavy atom. The number of carbonyl (C=O) groups excluding carboxylic acids is 2. The topological polar surface area (TPSA) is 156 Å². The molecule has 0 saturated carbocycles. The van der Waals surface area contributed by atoms with E-state index in [0.717, 1.165) is 102 Å². The van der Waals surface area contributed by atoms with E-state index in [1.54, 1.807) is 12.7 Å². The maximum atomic E-state index is 13.5. The monoisotopic (exact) mass is 733 g/mol. The van der Waals surface area contributed by atoms with Gasteiger partial charge in [0.05, 0.1) is 41.1 Å². The summed E-state index contributed by atoms with van der Waals surface area (Å²) in [7, 11) is 0. The number of anilines is 2. The normalized spacial score (nSPS) is 21.6. The van der Waals surface area contributed by atoms with Gasteiger partial charge in [-0.3, -0.25) is 9.59 Å². The first-order valence-electron chi connectivity index (χ1n) is 18.9. The number of nitrogens with one attached hydrogen (secondary N) is 2. The van der Waals surface area contributed by atoms with E-state index in [9.17, 15) is 9.59 Å². The molecule has 14 heteroatoms. The maximum absolute atomic E-state index is 13.5. The fourth-order valence-corrected chi connectivity index (χ4v) is 9.09. The highest BCUT2D eigenvalue weighted by Crippen LogP contribution is 2.37. The Hall–Kier alpha value is -6.57. The Morgan fingerprint density at radius 1 is 0.600 bits per heavy atom. The summed E-state index contributed by atoms with van der Waals surface area (Å²) in [5, 5.41) is 2.06. The average molecular weight is 734 g/mol. The maximum Gasteiger partial charge on any atom is 0.310 e. The van der Waals surface area contributed by atoms with E-state index in [1.165, 1.54) is 12.5 Å². The third-order valence-electron chi connectivity index (χ3n) is 11.5. The zero-order valence-corrected chi connectivity index (χ0v) is 30.0. The van der Waals surface area contributed by atoms with Crippen LogP contribution in [0.25, 0.3) is 33.2 Å². The van der Waals surface area contributed by atoms with Gasteiger partial charge in [0.25, 0.3) is 11.8 Å². The molecule has 11 rings (SSSR count). The molecule has 7 aromatic rings. The van der Waals surface area contributed by atoms with Gasteiger partial charge < -0.3 is 34.0 Å². The molecule has 5 aromatic heterocycles. The lowest BCUT2D eigenvalue weighted by atomic mass is 10.0. The number of benzene rings is 2. The number of hydrogen-bond donors (Lipinski definition) is 2. The van der Waals surface area contributed by atoms with E-state index in [2.05, 4.69) is 67.8 Å². The summed E-state index contributed by atoms with van der Waals surface area (Å²) >= 11 is 0. The molecule has 2 amide bonds. The van der Waals surface area contributed by atoms with E-state index in [-0.39, 0.29) is 41.9 Å². The second-order valence-corrected chi connectivity index (χ2v) is 14.7. The summed E-state index contributed by atoms with van der Waals surface area (Å²) < 4.78 is 5.19. The molecule has 2 N–H and O–H groups in total. The largest absolute Gasteiger partial charge is 0.441 e. The van der Waals surface area contributed by atoms with Crippen molar-refractivity contribution in [2.45, 2.75) is 49.9 Å². The number of hydrogen-bond acceptors (Lipinski definition) is 10. The van der Waals surface area contributed by atoms with Crippen LogP contribution in [0.3, 0.4) is 0 Å². The summed E-state index contributed by atoms with van der Waals surface area (Å²) in [5.41, 5.74) is 4.67. The Kier molecular flexibility index (Phi) is 8.22. The van der Waals surface area contributed by atoms with Gasteiger partial charge in [-0.05, 0) is 61.1 Å². The zero-order valence-electron chi connectivity index (χ0n) is 30.0. The third kappa shape index (κ3) is 5.93. The second kappa shape index (κ2) is 13.7. The number of H-pyrrole nitrogens is 2. The van der Waals surface area contributed by atoms with Gasteiger partial charge in [-0.25, -0.2) is 24.9 Å². The van der Waals surface area contributed by atoms with Crippen molar-refractivity contribution in [3.8, 4) is 11.1 Å². The van der Waals surface area contributed by atoms with E-state index >= 15 is 0 Å². The first-order valence-corrected chi connectivity index (χ1v) is 18.9. The van der Waals surface area contributed by atoms with Gasteiger partial charge in [0, 0.05) is 44.1 Å². The van der Waals surface area contributed by atoms with Crippen molar-refractivity contribution in [2.24, 2.45) is 0 Å². The molecule has 55 heavy (non-hydrogen) atoms. The van der Waals surface area contributed by atoms with Crippen LogP contribution in [0.5, 0.6) is 0 Å². The van der Waals surface area contributed by atoms with Crippen LogP contribution in [0.2, 0.25) is 0 Å². The number of nitrogens with zero attached hydrogens (tertiary/aromatic N) is 9. The average Bonchev–Trinajstić information content (AvgIpc) is 4.09. The highest BCUT2D eigenvalue weighted by atomic mass is 16.4. The van der Waals surface area contributed by atoms with E-state index in [1.807, 2.05) is 65.8 Å². The van der Waals surface area contributed by atoms with Crippen molar-refractivity contribution in [1.29, 1.82) is 0 Å². The number of amides is 2. The van der Waals surface area contributed by atoms with Crippen LogP contribution in [-0.2, 0) is 0 Å².